The number of benzene rings is 1. The Balaban J connectivity index is 1.99. The van der Waals surface area contributed by atoms with Crippen molar-refractivity contribution in [3.63, 3.8) is 0 Å². The predicted molar refractivity (Wildman–Crippen MR) is 84.4 cm³/mol. The van der Waals surface area contributed by atoms with E-state index in [4.69, 9.17) is 4.84 Å². The lowest BCUT2D eigenvalue weighted by atomic mass is 10.0. The summed E-state index contributed by atoms with van der Waals surface area (Å²) in [6, 6.07) is 8.12. The van der Waals surface area contributed by atoms with Gasteiger partial charge in [0, 0.05) is 5.56 Å². The van der Waals surface area contributed by atoms with Crippen LogP contribution in [0.4, 0.5) is 0 Å². The maximum atomic E-state index is 12.3. The zero-order valence-corrected chi connectivity index (χ0v) is 13.3. The molecule has 0 spiro atoms. The average Bonchev–Trinajstić information content (AvgIpc) is 2.89. The fraction of sp³-hybridized carbons (Fsp3) is 0.471. The van der Waals surface area contributed by atoms with Crippen molar-refractivity contribution in [3.8, 4) is 0 Å². The number of hydrogen-bond donors (Lipinski definition) is 1. The van der Waals surface area contributed by atoms with E-state index < -0.39 is 5.54 Å². The quantitative estimate of drug-likeness (QED) is 0.817. The number of allylic oxidation sites excluding steroid dienone is 1. The highest BCUT2D eigenvalue weighted by Gasteiger charge is 2.35. The Morgan fingerprint density at radius 2 is 1.95 bits per heavy atom. The van der Waals surface area contributed by atoms with E-state index in [2.05, 4.69) is 16.4 Å². The lowest BCUT2D eigenvalue weighted by Crippen LogP contribution is -2.51. The number of likely N-dealkylation sites (N-methyl/N-ethyl adjacent to an activating group) is 1. The number of rotatable bonds is 6. The van der Waals surface area contributed by atoms with E-state index >= 15 is 0 Å². The topological polar surface area (TPSA) is 41.6 Å². The van der Waals surface area contributed by atoms with E-state index in [0.29, 0.717) is 0 Å². The van der Waals surface area contributed by atoms with Gasteiger partial charge >= 0.3 is 5.97 Å². The molecule has 1 N–H and O–H groups in total. The highest BCUT2D eigenvalue weighted by atomic mass is 16.7. The molecule has 1 aromatic rings. The minimum atomic E-state index is -0.644. The van der Waals surface area contributed by atoms with Crippen LogP contribution in [0.15, 0.2) is 30.3 Å². The van der Waals surface area contributed by atoms with Crippen molar-refractivity contribution >= 4 is 11.7 Å². The zero-order valence-electron chi connectivity index (χ0n) is 13.3. The van der Waals surface area contributed by atoms with Gasteiger partial charge in [-0.1, -0.05) is 44.2 Å². The molecule has 1 aliphatic rings. The summed E-state index contributed by atoms with van der Waals surface area (Å²) in [6.07, 6.45) is 2.91. The summed E-state index contributed by atoms with van der Waals surface area (Å²) in [5.41, 5.74) is 5.41. The molecule has 0 aromatic heterocycles. The Kier molecular flexibility index (Phi) is 4.68. The highest BCUT2D eigenvalue weighted by molar-refractivity contribution is 5.81. The van der Waals surface area contributed by atoms with Crippen molar-refractivity contribution in [2.24, 2.45) is 0 Å². The summed E-state index contributed by atoms with van der Waals surface area (Å²) in [5.74, 6) is -0.267. The molecule has 4 heteroatoms. The first-order valence-electron chi connectivity index (χ1n) is 7.51. The summed E-state index contributed by atoms with van der Waals surface area (Å²) in [4.78, 5) is 19.7. The predicted octanol–water partition coefficient (Wildman–Crippen LogP) is 2.75. The molecule has 0 heterocycles. The summed E-state index contributed by atoms with van der Waals surface area (Å²) in [6.45, 7) is 9.49. The van der Waals surface area contributed by atoms with Crippen LogP contribution in [0.2, 0.25) is 0 Å². The van der Waals surface area contributed by atoms with Gasteiger partial charge in [-0.15, -0.1) is 0 Å². The number of fused-ring (bicyclic) bond motifs is 1. The fourth-order valence-corrected chi connectivity index (χ4v) is 2.75. The third kappa shape index (κ3) is 3.10. The second-order valence-electron chi connectivity index (χ2n) is 5.70. The molecule has 0 radical (unpaired) electrons. The highest BCUT2D eigenvalue weighted by Crippen LogP contribution is 2.25. The summed E-state index contributed by atoms with van der Waals surface area (Å²) < 4.78 is 0. The van der Waals surface area contributed by atoms with Crippen molar-refractivity contribution in [1.82, 2.24) is 10.4 Å². The van der Waals surface area contributed by atoms with E-state index in [-0.39, 0.29) is 5.97 Å². The molecule has 0 amide bonds. The second kappa shape index (κ2) is 6.31. The Labute approximate surface area is 126 Å². The van der Waals surface area contributed by atoms with Crippen LogP contribution < -0.4 is 5.48 Å². The first-order chi connectivity index (χ1) is 10.0. The van der Waals surface area contributed by atoms with Gasteiger partial charge in [0.1, 0.15) is 5.54 Å². The Morgan fingerprint density at radius 1 is 1.29 bits per heavy atom. The number of carbonyl (C=O) groups excluding carboxylic acids is 1. The molecule has 1 aromatic carbocycles. The van der Waals surface area contributed by atoms with Crippen LogP contribution in [0.3, 0.4) is 0 Å². The average molecular weight is 288 g/mol. The van der Waals surface area contributed by atoms with Crippen LogP contribution in [0, 0.1) is 0 Å². The summed E-state index contributed by atoms with van der Waals surface area (Å²) in [7, 11) is 0. The van der Waals surface area contributed by atoms with Gasteiger partial charge in [-0.2, -0.15) is 0 Å². The lowest BCUT2D eigenvalue weighted by molar-refractivity contribution is -0.161. The van der Waals surface area contributed by atoms with Crippen molar-refractivity contribution in [1.29, 1.82) is 0 Å². The van der Waals surface area contributed by atoms with Crippen LogP contribution in [-0.2, 0) is 16.1 Å². The first kappa shape index (κ1) is 15.6. The Hall–Kier alpha value is -1.81. The maximum Gasteiger partial charge on any atom is 0.351 e. The fourth-order valence-electron chi connectivity index (χ4n) is 2.75. The maximum absolute atomic E-state index is 12.3. The van der Waals surface area contributed by atoms with Crippen molar-refractivity contribution in [2.45, 2.75) is 39.7 Å². The van der Waals surface area contributed by atoms with Crippen LogP contribution >= 0.6 is 0 Å². The number of nitrogens with zero attached hydrogens (tertiary/aromatic N) is 1. The lowest BCUT2D eigenvalue weighted by Gasteiger charge is -2.34. The largest absolute Gasteiger partial charge is 0.351 e. The second-order valence-corrected chi connectivity index (χ2v) is 5.70. The normalized spacial score (nSPS) is 13.9. The molecule has 0 saturated carbocycles. The Bertz CT molecular complexity index is 545. The third-order valence-corrected chi connectivity index (χ3v) is 4.14. The minimum absolute atomic E-state index is 0.267. The standard InChI is InChI=1S/C17H24N2O2/c1-5-19(6-2)17(3,4)16(20)21-18-15-12-11-13-9-7-8-10-14(13)15/h7-10,12,18H,5-6,11H2,1-4H3. The molecule has 0 bridgehead atoms. The van der Waals surface area contributed by atoms with Crippen LogP contribution in [0.1, 0.15) is 38.8 Å². The molecule has 0 unspecified atom stereocenters. The van der Waals surface area contributed by atoms with E-state index in [0.717, 1.165) is 30.8 Å². The summed E-state index contributed by atoms with van der Waals surface area (Å²) >= 11 is 0. The van der Waals surface area contributed by atoms with Crippen LogP contribution in [-0.4, -0.2) is 29.5 Å². The molecule has 0 aliphatic heterocycles. The van der Waals surface area contributed by atoms with Gasteiger partial charge in [0.2, 0.25) is 0 Å². The molecule has 2 rings (SSSR count). The van der Waals surface area contributed by atoms with Gasteiger partial charge in [-0.05, 0) is 38.9 Å². The monoisotopic (exact) mass is 288 g/mol. The van der Waals surface area contributed by atoms with E-state index in [1.54, 1.807) is 0 Å². The first-order valence-corrected chi connectivity index (χ1v) is 7.51. The molecule has 114 valence electrons. The molecule has 0 saturated heterocycles. The van der Waals surface area contributed by atoms with Crippen LogP contribution in [0.25, 0.3) is 5.70 Å². The third-order valence-electron chi connectivity index (χ3n) is 4.14. The number of hydroxylamine groups is 1. The van der Waals surface area contributed by atoms with Gasteiger partial charge in [0.25, 0.3) is 0 Å². The molecule has 4 nitrogen and oxygen atoms in total. The molecular formula is C17H24N2O2. The number of nitrogens with one attached hydrogen (secondary N) is 1. The SMILES string of the molecule is CCN(CC)C(C)(C)C(=O)ONC1=CCc2ccccc21. The minimum Gasteiger partial charge on any atom is -0.341 e. The van der Waals surface area contributed by atoms with Crippen molar-refractivity contribution in [2.75, 3.05) is 13.1 Å². The van der Waals surface area contributed by atoms with Gasteiger partial charge in [0.05, 0.1) is 5.70 Å². The molecule has 0 fully saturated rings. The van der Waals surface area contributed by atoms with E-state index in [1.165, 1.54) is 5.56 Å². The number of hydrogen-bond acceptors (Lipinski definition) is 4. The van der Waals surface area contributed by atoms with Gasteiger partial charge in [-0.25, -0.2) is 10.3 Å². The van der Waals surface area contributed by atoms with Gasteiger partial charge < -0.3 is 4.84 Å². The van der Waals surface area contributed by atoms with E-state index in [9.17, 15) is 4.79 Å². The number of carbonyl (C=O) groups is 1. The Morgan fingerprint density at radius 3 is 2.62 bits per heavy atom. The van der Waals surface area contributed by atoms with Crippen LogP contribution in [0.5, 0.6) is 0 Å². The van der Waals surface area contributed by atoms with E-state index in [1.807, 2.05) is 52.0 Å². The van der Waals surface area contributed by atoms with Crippen molar-refractivity contribution in [3.05, 3.63) is 41.5 Å². The molecule has 0 atom stereocenters. The van der Waals surface area contributed by atoms with Gasteiger partial charge in [0.15, 0.2) is 0 Å². The van der Waals surface area contributed by atoms with Crippen molar-refractivity contribution < 1.29 is 9.63 Å². The summed E-state index contributed by atoms with van der Waals surface area (Å²) in [5, 5.41) is 0. The zero-order chi connectivity index (χ0) is 15.5. The smallest absolute Gasteiger partial charge is 0.341 e. The molecular weight excluding hydrogens is 264 g/mol. The van der Waals surface area contributed by atoms with Gasteiger partial charge in [-0.3, -0.25) is 4.90 Å². The molecule has 1 aliphatic carbocycles. The molecule has 21 heavy (non-hydrogen) atoms.